The molecule has 0 aliphatic carbocycles. The molecule has 0 aliphatic rings. The number of rotatable bonds is 2. The highest BCUT2D eigenvalue weighted by Crippen LogP contribution is 2.24. The molecule has 0 saturated carbocycles. The summed E-state index contributed by atoms with van der Waals surface area (Å²) >= 11 is 0. The second-order valence-electron chi connectivity index (χ2n) is 3.36. The first kappa shape index (κ1) is 13.1. The zero-order chi connectivity index (χ0) is 11.5. The van der Waals surface area contributed by atoms with Crippen LogP contribution in [0.3, 0.4) is 0 Å². The molecule has 2 aromatic carbocycles. The standard InChI is InChI=1S/C13H10O3.ClH/c14-11-7-3-1-5-9(11)13(16)10-6-2-4-8-12(10)15;/h1-8,14-15H;1H. The van der Waals surface area contributed by atoms with Crippen LogP contribution in [0.15, 0.2) is 48.5 Å². The van der Waals surface area contributed by atoms with Crippen molar-refractivity contribution in [2.24, 2.45) is 0 Å². The monoisotopic (exact) mass is 250 g/mol. The first-order valence-electron chi connectivity index (χ1n) is 4.81. The Hall–Kier alpha value is -2.00. The molecule has 17 heavy (non-hydrogen) atoms. The molecule has 3 nitrogen and oxygen atoms in total. The highest BCUT2D eigenvalue weighted by Gasteiger charge is 2.15. The van der Waals surface area contributed by atoms with Crippen molar-refractivity contribution in [1.82, 2.24) is 0 Å². The highest BCUT2D eigenvalue weighted by atomic mass is 35.5. The number of hydrogen-bond acceptors (Lipinski definition) is 3. The Morgan fingerprint density at radius 3 is 1.47 bits per heavy atom. The fraction of sp³-hybridized carbons (Fsp3) is 0. The predicted octanol–water partition coefficient (Wildman–Crippen LogP) is 2.75. The summed E-state index contributed by atoms with van der Waals surface area (Å²) in [5.74, 6) is -0.567. The zero-order valence-electron chi connectivity index (χ0n) is 8.83. The number of carbonyl (C=O) groups excluding carboxylic acids is 1. The first-order valence-corrected chi connectivity index (χ1v) is 4.81. The molecule has 0 spiro atoms. The summed E-state index contributed by atoms with van der Waals surface area (Å²) in [6.07, 6.45) is 0. The smallest absolute Gasteiger partial charge is 0.200 e. The van der Waals surface area contributed by atoms with Crippen LogP contribution in [-0.2, 0) is 0 Å². The van der Waals surface area contributed by atoms with E-state index >= 15 is 0 Å². The third-order valence-electron chi connectivity index (χ3n) is 2.30. The normalized spacial score (nSPS) is 9.41. The minimum absolute atomic E-state index is 0. The van der Waals surface area contributed by atoms with Crippen LogP contribution in [0.2, 0.25) is 0 Å². The van der Waals surface area contributed by atoms with E-state index in [9.17, 15) is 15.0 Å². The van der Waals surface area contributed by atoms with Crippen LogP contribution in [-0.4, -0.2) is 16.0 Å². The van der Waals surface area contributed by atoms with Gasteiger partial charge in [0.25, 0.3) is 0 Å². The highest BCUT2D eigenvalue weighted by molar-refractivity contribution is 6.12. The quantitative estimate of drug-likeness (QED) is 0.806. The van der Waals surface area contributed by atoms with Gasteiger partial charge in [-0.1, -0.05) is 24.3 Å². The van der Waals surface area contributed by atoms with E-state index in [2.05, 4.69) is 0 Å². The molecule has 0 fully saturated rings. The van der Waals surface area contributed by atoms with Crippen molar-refractivity contribution >= 4 is 18.2 Å². The maximum absolute atomic E-state index is 12.0. The summed E-state index contributed by atoms with van der Waals surface area (Å²) < 4.78 is 0. The molecule has 0 aromatic heterocycles. The first-order chi connectivity index (χ1) is 7.70. The second-order valence-corrected chi connectivity index (χ2v) is 3.36. The molecule has 4 heteroatoms. The third-order valence-corrected chi connectivity index (χ3v) is 2.30. The Balaban J connectivity index is 0.00000144. The van der Waals surface area contributed by atoms with E-state index in [1.807, 2.05) is 0 Å². The fourth-order valence-electron chi connectivity index (χ4n) is 1.48. The number of carbonyl (C=O) groups is 1. The number of phenols is 2. The topological polar surface area (TPSA) is 57.5 Å². The van der Waals surface area contributed by atoms with E-state index in [-0.39, 0.29) is 35.0 Å². The summed E-state index contributed by atoms with van der Waals surface area (Å²) in [6.45, 7) is 0. The SMILES string of the molecule is Cl.O=C(c1ccccc1O)c1ccccc1O. The van der Waals surface area contributed by atoms with E-state index in [1.165, 1.54) is 24.3 Å². The van der Waals surface area contributed by atoms with Gasteiger partial charge in [-0.2, -0.15) is 0 Å². The van der Waals surface area contributed by atoms with Gasteiger partial charge in [-0.25, -0.2) is 0 Å². The summed E-state index contributed by atoms with van der Waals surface area (Å²) in [6, 6.07) is 12.5. The lowest BCUT2D eigenvalue weighted by Crippen LogP contribution is -2.01. The molecule has 0 atom stereocenters. The van der Waals surface area contributed by atoms with Gasteiger partial charge in [-0.05, 0) is 24.3 Å². The van der Waals surface area contributed by atoms with Crippen LogP contribution < -0.4 is 0 Å². The van der Waals surface area contributed by atoms with Crippen molar-refractivity contribution in [2.75, 3.05) is 0 Å². The Morgan fingerprint density at radius 1 is 0.765 bits per heavy atom. The Bertz CT molecular complexity index is 490. The zero-order valence-corrected chi connectivity index (χ0v) is 9.65. The number of ketones is 1. The second kappa shape index (κ2) is 5.37. The molecular weight excluding hydrogens is 240 g/mol. The minimum atomic E-state index is -0.392. The molecule has 0 unspecified atom stereocenters. The maximum atomic E-state index is 12.0. The lowest BCUT2D eigenvalue weighted by atomic mass is 10.0. The van der Waals surface area contributed by atoms with Crippen LogP contribution in [0.5, 0.6) is 11.5 Å². The number of halogens is 1. The average molecular weight is 251 g/mol. The van der Waals surface area contributed by atoms with E-state index in [0.717, 1.165) is 0 Å². The molecule has 2 N–H and O–H groups in total. The van der Waals surface area contributed by atoms with Gasteiger partial charge in [0, 0.05) is 0 Å². The van der Waals surface area contributed by atoms with Crippen molar-refractivity contribution in [1.29, 1.82) is 0 Å². The number of phenolic OH excluding ortho intramolecular Hbond substituents is 2. The number of benzene rings is 2. The molecule has 2 rings (SSSR count). The van der Waals surface area contributed by atoms with E-state index in [0.29, 0.717) is 0 Å². The van der Waals surface area contributed by atoms with Crippen molar-refractivity contribution in [3.63, 3.8) is 0 Å². The van der Waals surface area contributed by atoms with Crippen molar-refractivity contribution < 1.29 is 15.0 Å². The molecule has 88 valence electrons. The van der Waals surface area contributed by atoms with Gasteiger partial charge in [0.2, 0.25) is 0 Å². The van der Waals surface area contributed by atoms with Gasteiger partial charge in [-0.3, -0.25) is 4.79 Å². The molecule has 2 aromatic rings. The third kappa shape index (κ3) is 2.57. The Labute approximate surface area is 105 Å². The number of hydrogen-bond donors (Lipinski definition) is 2. The summed E-state index contributed by atoms with van der Waals surface area (Å²) in [4.78, 5) is 12.0. The van der Waals surface area contributed by atoms with Crippen LogP contribution in [0.25, 0.3) is 0 Å². The van der Waals surface area contributed by atoms with Gasteiger partial charge in [0.1, 0.15) is 11.5 Å². The van der Waals surface area contributed by atoms with E-state index in [4.69, 9.17) is 0 Å². The van der Waals surface area contributed by atoms with Crippen LogP contribution in [0, 0.1) is 0 Å². The van der Waals surface area contributed by atoms with Gasteiger partial charge in [0.15, 0.2) is 5.78 Å². The fourth-order valence-corrected chi connectivity index (χ4v) is 1.48. The molecule has 0 aliphatic heterocycles. The number of para-hydroxylation sites is 2. The van der Waals surface area contributed by atoms with Crippen LogP contribution in [0.1, 0.15) is 15.9 Å². The predicted molar refractivity (Wildman–Crippen MR) is 66.9 cm³/mol. The molecule has 0 amide bonds. The lowest BCUT2D eigenvalue weighted by molar-refractivity contribution is 0.103. The van der Waals surface area contributed by atoms with E-state index < -0.39 is 5.78 Å². The lowest BCUT2D eigenvalue weighted by Gasteiger charge is -2.04. The van der Waals surface area contributed by atoms with E-state index in [1.54, 1.807) is 24.3 Å². The van der Waals surface area contributed by atoms with Crippen molar-refractivity contribution in [2.45, 2.75) is 0 Å². The Kier molecular flexibility index (Phi) is 4.12. The van der Waals surface area contributed by atoms with Crippen molar-refractivity contribution in [3.8, 4) is 11.5 Å². The van der Waals surface area contributed by atoms with Crippen LogP contribution in [0.4, 0.5) is 0 Å². The summed E-state index contributed by atoms with van der Waals surface area (Å²) in [5.41, 5.74) is 0.369. The van der Waals surface area contributed by atoms with Gasteiger partial charge in [0.05, 0.1) is 11.1 Å². The largest absolute Gasteiger partial charge is 0.507 e. The Morgan fingerprint density at radius 2 is 1.12 bits per heavy atom. The van der Waals surface area contributed by atoms with Gasteiger partial charge < -0.3 is 10.2 Å². The maximum Gasteiger partial charge on any atom is 0.200 e. The molecule has 0 bridgehead atoms. The van der Waals surface area contributed by atoms with Gasteiger partial charge >= 0.3 is 0 Å². The summed E-state index contributed by atoms with van der Waals surface area (Å²) in [5, 5.41) is 19.1. The molecule has 0 radical (unpaired) electrons. The molecule has 0 saturated heterocycles. The number of aromatic hydroxyl groups is 2. The summed E-state index contributed by atoms with van der Waals surface area (Å²) in [7, 11) is 0. The van der Waals surface area contributed by atoms with Gasteiger partial charge in [-0.15, -0.1) is 12.4 Å². The van der Waals surface area contributed by atoms with Crippen LogP contribution >= 0.6 is 12.4 Å². The molecular formula is C13H11ClO3. The van der Waals surface area contributed by atoms with Crippen molar-refractivity contribution in [3.05, 3.63) is 59.7 Å². The minimum Gasteiger partial charge on any atom is -0.507 e. The average Bonchev–Trinajstić information content (AvgIpc) is 2.29. The molecule has 0 heterocycles.